The predicted octanol–water partition coefficient (Wildman–Crippen LogP) is 3.06. The summed E-state index contributed by atoms with van der Waals surface area (Å²) in [6.45, 7) is 4.34. The third-order valence-electron chi connectivity index (χ3n) is 4.15. The Hall–Kier alpha value is -2.95. The van der Waals surface area contributed by atoms with E-state index >= 15 is 0 Å². The summed E-state index contributed by atoms with van der Waals surface area (Å²) in [7, 11) is -3.94. The van der Waals surface area contributed by atoms with E-state index in [0.717, 1.165) is 11.1 Å². The van der Waals surface area contributed by atoms with Crippen LogP contribution in [0, 0.1) is 18.3 Å². The molecular weight excluding hydrogens is 348 g/mol. The van der Waals surface area contributed by atoms with Gasteiger partial charge in [0.15, 0.2) is 0 Å². The van der Waals surface area contributed by atoms with Crippen molar-refractivity contribution in [3.8, 4) is 28.5 Å². The van der Waals surface area contributed by atoms with Crippen LogP contribution < -0.4 is 5.14 Å². The van der Waals surface area contributed by atoms with Gasteiger partial charge in [-0.1, -0.05) is 48.0 Å². The zero-order valence-electron chi connectivity index (χ0n) is 14.5. The van der Waals surface area contributed by atoms with E-state index < -0.39 is 10.0 Å². The van der Waals surface area contributed by atoms with Crippen LogP contribution in [-0.4, -0.2) is 18.2 Å². The van der Waals surface area contributed by atoms with Gasteiger partial charge in [-0.25, -0.2) is 13.6 Å². The average Bonchev–Trinajstić information content (AvgIpc) is 3.00. The fourth-order valence-electron chi connectivity index (χ4n) is 2.90. The van der Waals surface area contributed by atoms with Gasteiger partial charge in [-0.05, 0) is 25.5 Å². The SMILES string of the molecule is CCn1nc(-c2ccccc2S(N)(=O)=O)c(-c2ccc(C)cc2)c1C#N. The van der Waals surface area contributed by atoms with Crippen LogP contribution in [0.25, 0.3) is 22.4 Å². The van der Waals surface area contributed by atoms with Gasteiger partial charge in [0.05, 0.1) is 4.90 Å². The van der Waals surface area contributed by atoms with E-state index in [1.807, 2.05) is 38.1 Å². The molecule has 0 fully saturated rings. The maximum atomic E-state index is 12.0. The van der Waals surface area contributed by atoms with Gasteiger partial charge in [0.25, 0.3) is 0 Å². The van der Waals surface area contributed by atoms with E-state index in [4.69, 9.17) is 5.14 Å². The summed E-state index contributed by atoms with van der Waals surface area (Å²) in [5, 5.41) is 19.6. The van der Waals surface area contributed by atoms with Crippen LogP contribution in [0.1, 0.15) is 18.2 Å². The van der Waals surface area contributed by atoms with Gasteiger partial charge in [-0.3, -0.25) is 4.68 Å². The van der Waals surface area contributed by atoms with Crippen LogP contribution in [-0.2, 0) is 16.6 Å². The van der Waals surface area contributed by atoms with Crippen molar-refractivity contribution < 1.29 is 8.42 Å². The second-order valence-electron chi connectivity index (χ2n) is 5.91. The third-order valence-corrected chi connectivity index (χ3v) is 5.12. The summed E-state index contributed by atoms with van der Waals surface area (Å²) in [6.07, 6.45) is 0. The lowest BCUT2D eigenvalue weighted by atomic mass is 9.98. The van der Waals surface area contributed by atoms with Crippen molar-refractivity contribution in [2.45, 2.75) is 25.3 Å². The fraction of sp³-hybridized carbons (Fsp3) is 0.158. The van der Waals surface area contributed by atoms with Gasteiger partial charge in [0.2, 0.25) is 10.0 Å². The molecule has 7 heteroatoms. The van der Waals surface area contributed by atoms with E-state index in [1.165, 1.54) is 6.07 Å². The van der Waals surface area contributed by atoms with Crippen molar-refractivity contribution >= 4 is 10.0 Å². The number of sulfonamides is 1. The van der Waals surface area contributed by atoms with E-state index in [-0.39, 0.29) is 4.90 Å². The number of rotatable bonds is 4. The number of nitrogens with two attached hydrogens (primary N) is 1. The van der Waals surface area contributed by atoms with Gasteiger partial charge in [0, 0.05) is 17.7 Å². The highest BCUT2D eigenvalue weighted by Gasteiger charge is 2.24. The van der Waals surface area contributed by atoms with Crippen LogP contribution in [0.3, 0.4) is 0 Å². The molecule has 0 bridgehead atoms. The lowest BCUT2D eigenvalue weighted by Gasteiger charge is -2.08. The number of hydrogen-bond donors (Lipinski definition) is 1. The first kappa shape index (κ1) is 17.9. The van der Waals surface area contributed by atoms with Crippen LogP contribution in [0.4, 0.5) is 0 Å². The molecule has 0 amide bonds. The molecule has 2 aromatic carbocycles. The van der Waals surface area contributed by atoms with Gasteiger partial charge < -0.3 is 0 Å². The summed E-state index contributed by atoms with van der Waals surface area (Å²) in [5.74, 6) is 0. The van der Waals surface area contributed by atoms with Crippen LogP contribution in [0.5, 0.6) is 0 Å². The Balaban J connectivity index is 2.39. The highest BCUT2D eigenvalue weighted by Crippen LogP contribution is 2.37. The molecular formula is C19H18N4O2S. The van der Waals surface area contributed by atoms with Gasteiger partial charge >= 0.3 is 0 Å². The maximum Gasteiger partial charge on any atom is 0.238 e. The largest absolute Gasteiger partial charge is 0.254 e. The first-order chi connectivity index (χ1) is 12.4. The van der Waals surface area contributed by atoms with Crippen LogP contribution in [0.15, 0.2) is 53.4 Å². The maximum absolute atomic E-state index is 12.0. The average molecular weight is 366 g/mol. The smallest absolute Gasteiger partial charge is 0.238 e. The van der Waals surface area contributed by atoms with E-state index in [1.54, 1.807) is 22.9 Å². The van der Waals surface area contributed by atoms with Crippen molar-refractivity contribution in [1.29, 1.82) is 5.26 Å². The van der Waals surface area contributed by atoms with Crippen molar-refractivity contribution in [1.82, 2.24) is 9.78 Å². The van der Waals surface area contributed by atoms with Crippen molar-refractivity contribution in [2.75, 3.05) is 0 Å². The molecule has 0 spiro atoms. The zero-order chi connectivity index (χ0) is 18.9. The first-order valence-electron chi connectivity index (χ1n) is 8.07. The van der Waals surface area contributed by atoms with Gasteiger partial charge in [-0.15, -0.1) is 0 Å². The summed E-state index contributed by atoms with van der Waals surface area (Å²) in [4.78, 5) is -0.0152. The predicted molar refractivity (Wildman–Crippen MR) is 99.6 cm³/mol. The van der Waals surface area contributed by atoms with Gasteiger partial charge in [0.1, 0.15) is 17.5 Å². The molecule has 3 rings (SSSR count). The highest BCUT2D eigenvalue weighted by atomic mass is 32.2. The van der Waals surface area contributed by atoms with E-state index in [0.29, 0.717) is 29.1 Å². The second-order valence-corrected chi connectivity index (χ2v) is 7.44. The Morgan fingerprint density at radius 1 is 1.15 bits per heavy atom. The zero-order valence-corrected chi connectivity index (χ0v) is 15.3. The molecule has 1 aromatic heterocycles. The molecule has 1 heterocycles. The molecule has 0 aliphatic rings. The minimum absolute atomic E-state index is 0.0152. The minimum atomic E-state index is -3.94. The molecule has 6 nitrogen and oxygen atoms in total. The summed E-state index contributed by atoms with van der Waals surface area (Å²) in [6, 6.07) is 16.3. The summed E-state index contributed by atoms with van der Waals surface area (Å²) >= 11 is 0. The van der Waals surface area contributed by atoms with Gasteiger partial charge in [-0.2, -0.15) is 10.4 Å². The van der Waals surface area contributed by atoms with Crippen LogP contribution >= 0.6 is 0 Å². The topological polar surface area (TPSA) is 102 Å². The van der Waals surface area contributed by atoms with E-state index in [9.17, 15) is 13.7 Å². The Morgan fingerprint density at radius 2 is 1.81 bits per heavy atom. The number of aromatic nitrogens is 2. The second kappa shape index (κ2) is 6.75. The normalized spacial score (nSPS) is 11.3. The number of nitrogens with zero attached hydrogens (tertiary/aromatic N) is 3. The standard InChI is InChI=1S/C19H18N4O2S/c1-3-23-16(12-20)18(14-10-8-13(2)9-11-14)19(22-23)15-6-4-5-7-17(15)26(21,24)25/h4-11H,3H2,1-2H3,(H2,21,24,25). The molecule has 0 radical (unpaired) electrons. The van der Waals surface area contributed by atoms with E-state index in [2.05, 4.69) is 11.2 Å². The van der Waals surface area contributed by atoms with Crippen LogP contribution in [0.2, 0.25) is 0 Å². The lowest BCUT2D eigenvalue weighted by Crippen LogP contribution is -2.13. The Labute approximate surface area is 152 Å². The molecule has 0 saturated heterocycles. The Bertz CT molecular complexity index is 1110. The molecule has 0 aliphatic heterocycles. The first-order valence-corrected chi connectivity index (χ1v) is 9.61. The number of aryl methyl sites for hydroxylation is 2. The third kappa shape index (κ3) is 3.12. The Morgan fingerprint density at radius 3 is 2.38 bits per heavy atom. The summed E-state index contributed by atoms with van der Waals surface area (Å²) < 4.78 is 25.6. The number of primary sulfonamides is 1. The molecule has 2 N–H and O–H groups in total. The number of hydrogen-bond acceptors (Lipinski definition) is 4. The summed E-state index contributed by atoms with van der Waals surface area (Å²) in [5.41, 5.74) is 3.68. The molecule has 3 aromatic rings. The van der Waals surface area contributed by atoms with Crippen molar-refractivity contribution in [3.05, 3.63) is 59.8 Å². The molecule has 26 heavy (non-hydrogen) atoms. The highest BCUT2D eigenvalue weighted by molar-refractivity contribution is 7.89. The monoisotopic (exact) mass is 366 g/mol. The molecule has 0 saturated carbocycles. The van der Waals surface area contributed by atoms with Crippen molar-refractivity contribution in [3.63, 3.8) is 0 Å². The Kier molecular flexibility index (Phi) is 4.64. The number of benzene rings is 2. The number of nitriles is 1. The lowest BCUT2D eigenvalue weighted by molar-refractivity contribution is 0.598. The molecule has 0 unspecified atom stereocenters. The molecule has 132 valence electrons. The van der Waals surface area contributed by atoms with Crippen molar-refractivity contribution in [2.24, 2.45) is 5.14 Å². The minimum Gasteiger partial charge on any atom is -0.254 e. The quantitative estimate of drug-likeness (QED) is 0.766. The molecule has 0 aliphatic carbocycles. The fourth-order valence-corrected chi connectivity index (χ4v) is 3.64. The molecule has 0 atom stereocenters.